The third kappa shape index (κ3) is 1.73. The van der Waals surface area contributed by atoms with Crippen LogP contribution in [0.2, 0.25) is 0 Å². The molecule has 1 heterocycles. The van der Waals surface area contributed by atoms with Crippen LogP contribution in [0.15, 0.2) is 18.2 Å². The summed E-state index contributed by atoms with van der Waals surface area (Å²) in [6.07, 6.45) is 1.84. The van der Waals surface area contributed by atoms with E-state index in [2.05, 4.69) is 0 Å². The molecule has 1 aliphatic heterocycles. The van der Waals surface area contributed by atoms with Gasteiger partial charge in [-0.3, -0.25) is 9.59 Å². The molecule has 0 saturated heterocycles. The smallest absolute Gasteiger partial charge is 0.231 e. The van der Waals surface area contributed by atoms with E-state index in [1.165, 1.54) is 0 Å². The van der Waals surface area contributed by atoms with E-state index in [-0.39, 0.29) is 11.7 Å². The molecule has 0 N–H and O–H groups in total. The molecular formula is C13H15NO2. The predicted octanol–water partition coefficient (Wildman–Crippen LogP) is 2.19. The lowest BCUT2D eigenvalue weighted by molar-refractivity contribution is -0.117. The molecular weight excluding hydrogens is 202 g/mol. The molecule has 0 aromatic heterocycles. The quantitative estimate of drug-likeness (QED) is 0.728. The minimum atomic E-state index is 0.0927. The van der Waals surface area contributed by atoms with Crippen molar-refractivity contribution in [2.75, 3.05) is 11.9 Å². The summed E-state index contributed by atoms with van der Waals surface area (Å²) >= 11 is 0. The first kappa shape index (κ1) is 10.9. The summed E-state index contributed by atoms with van der Waals surface area (Å²) in [5.74, 6) is 0.252. The summed E-state index contributed by atoms with van der Waals surface area (Å²) in [6, 6.07) is 5.53. The van der Waals surface area contributed by atoms with Gasteiger partial charge in [0.1, 0.15) is 0 Å². The van der Waals surface area contributed by atoms with Crippen molar-refractivity contribution in [2.45, 2.75) is 26.2 Å². The van der Waals surface area contributed by atoms with Gasteiger partial charge in [0, 0.05) is 24.7 Å². The van der Waals surface area contributed by atoms with E-state index >= 15 is 0 Å². The van der Waals surface area contributed by atoms with Gasteiger partial charge in [0.2, 0.25) is 5.91 Å². The van der Waals surface area contributed by atoms with Crippen LogP contribution in [0.3, 0.4) is 0 Å². The molecule has 0 fully saturated rings. The zero-order chi connectivity index (χ0) is 11.7. The van der Waals surface area contributed by atoms with Crippen LogP contribution in [-0.4, -0.2) is 18.7 Å². The van der Waals surface area contributed by atoms with Gasteiger partial charge in [-0.1, -0.05) is 6.92 Å². The van der Waals surface area contributed by atoms with Gasteiger partial charge in [-0.15, -0.1) is 0 Å². The lowest BCUT2D eigenvalue weighted by Gasteiger charge is -2.10. The molecule has 2 rings (SSSR count). The zero-order valence-electron chi connectivity index (χ0n) is 9.62. The SMILES string of the molecule is CCCC(=O)c1ccc2c(c1)CC(=O)N2C. The van der Waals surface area contributed by atoms with E-state index in [0.29, 0.717) is 12.8 Å². The topological polar surface area (TPSA) is 37.4 Å². The molecule has 0 radical (unpaired) electrons. The maximum absolute atomic E-state index is 11.7. The van der Waals surface area contributed by atoms with E-state index in [9.17, 15) is 9.59 Å². The number of hydrogen-bond acceptors (Lipinski definition) is 2. The van der Waals surface area contributed by atoms with Crippen LogP contribution >= 0.6 is 0 Å². The predicted molar refractivity (Wildman–Crippen MR) is 62.8 cm³/mol. The number of anilines is 1. The van der Waals surface area contributed by atoms with Gasteiger partial charge in [-0.25, -0.2) is 0 Å². The summed E-state index contributed by atoms with van der Waals surface area (Å²) in [6.45, 7) is 1.99. The minimum Gasteiger partial charge on any atom is -0.315 e. The summed E-state index contributed by atoms with van der Waals surface area (Å²) in [5, 5.41) is 0. The Morgan fingerprint density at radius 1 is 1.44 bits per heavy atom. The van der Waals surface area contributed by atoms with Gasteiger partial charge in [0.15, 0.2) is 5.78 Å². The van der Waals surface area contributed by atoms with Crippen molar-refractivity contribution in [1.29, 1.82) is 0 Å². The summed E-state index contributed by atoms with van der Waals surface area (Å²) in [7, 11) is 1.77. The molecule has 3 nitrogen and oxygen atoms in total. The maximum atomic E-state index is 11.7. The molecule has 1 aromatic carbocycles. The molecule has 1 aliphatic rings. The van der Waals surface area contributed by atoms with Gasteiger partial charge in [-0.2, -0.15) is 0 Å². The molecule has 1 amide bonds. The van der Waals surface area contributed by atoms with Crippen molar-refractivity contribution in [2.24, 2.45) is 0 Å². The Morgan fingerprint density at radius 2 is 2.19 bits per heavy atom. The second kappa shape index (κ2) is 4.08. The maximum Gasteiger partial charge on any atom is 0.231 e. The van der Waals surface area contributed by atoms with Crippen LogP contribution in [0.4, 0.5) is 5.69 Å². The van der Waals surface area contributed by atoms with Crippen LogP contribution in [0.1, 0.15) is 35.7 Å². The van der Waals surface area contributed by atoms with Gasteiger partial charge in [-0.05, 0) is 30.2 Å². The van der Waals surface area contributed by atoms with Crippen molar-refractivity contribution in [1.82, 2.24) is 0 Å². The van der Waals surface area contributed by atoms with Crippen LogP contribution in [-0.2, 0) is 11.2 Å². The molecule has 0 spiro atoms. The Balaban J connectivity index is 2.32. The second-order valence-corrected chi connectivity index (χ2v) is 4.15. The Hall–Kier alpha value is -1.64. The first-order chi connectivity index (χ1) is 7.63. The highest BCUT2D eigenvalue weighted by molar-refractivity contribution is 6.03. The first-order valence-corrected chi connectivity index (χ1v) is 5.56. The van der Waals surface area contributed by atoms with E-state index in [4.69, 9.17) is 0 Å². The van der Waals surface area contributed by atoms with Crippen LogP contribution in [0, 0.1) is 0 Å². The Kier molecular flexibility index (Phi) is 2.77. The Bertz CT molecular complexity index is 451. The highest BCUT2D eigenvalue weighted by Gasteiger charge is 2.24. The van der Waals surface area contributed by atoms with E-state index in [1.54, 1.807) is 11.9 Å². The number of hydrogen-bond donors (Lipinski definition) is 0. The lowest BCUT2D eigenvalue weighted by atomic mass is 10.0. The number of ketones is 1. The number of fused-ring (bicyclic) bond motifs is 1. The average Bonchev–Trinajstić information content (AvgIpc) is 2.55. The Morgan fingerprint density at radius 3 is 2.88 bits per heavy atom. The van der Waals surface area contributed by atoms with Crippen molar-refractivity contribution in [3.05, 3.63) is 29.3 Å². The van der Waals surface area contributed by atoms with E-state index in [0.717, 1.165) is 23.2 Å². The fraction of sp³-hybridized carbons (Fsp3) is 0.385. The van der Waals surface area contributed by atoms with Gasteiger partial charge in [0.25, 0.3) is 0 Å². The Labute approximate surface area is 95.1 Å². The van der Waals surface area contributed by atoms with Gasteiger partial charge in [0.05, 0.1) is 6.42 Å². The van der Waals surface area contributed by atoms with Gasteiger partial charge >= 0.3 is 0 Å². The number of benzene rings is 1. The number of carbonyl (C=O) groups is 2. The summed E-state index contributed by atoms with van der Waals surface area (Å²) in [5.41, 5.74) is 2.62. The number of nitrogens with zero attached hydrogens (tertiary/aromatic N) is 1. The molecule has 0 atom stereocenters. The second-order valence-electron chi connectivity index (χ2n) is 4.15. The van der Waals surface area contributed by atoms with E-state index in [1.807, 2.05) is 25.1 Å². The van der Waals surface area contributed by atoms with Crippen molar-refractivity contribution in [3.8, 4) is 0 Å². The highest BCUT2D eigenvalue weighted by atomic mass is 16.2. The largest absolute Gasteiger partial charge is 0.315 e. The van der Waals surface area contributed by atoms with Crippen molar-refractivity contribution in [3.63, 3.8) is 0 Å². The summed E-state index contributed by atoms with van der Waals surface area (Å²) in [4.78, 5) is 24.8. The number of carbonyl (C=O) groups excluding carboxylic acids is 2. The number of rotatable bonds is 3. The van der Waals surface area contributed by atoms with Crippen molar-refractivity contribution >= 4 is 17.4 Å². The third-order valence-corrected chi connectivity index (χ3v) is 2.96. The first-order valence-electron chi connectivity index (χ1n) is 5.56. The molecule has 84 valence electrons. The zero-order valence-corrected chi connectivity index (χ0v) is 9.62. The molecule has 0 unspecified atom stereocenters. The lowest BCUT2D eigenvalue weighted by Crippen LogP contribution is -2.20. The molecule has 0 bridgehead atoms. The molecule has 0 saturated carbocycles. The van der Waals surface area contributed by atoms with Crippen molar-refractivity contribution < 1.29 is 9.59 Å². The molecule has 3 heteroatoms. The highest BCUT2D eigenvalue weighted by Crippen LogP contribution is 2.28. The van der Waals surface area contributed by atoms with Crippen LogP contribution < -0.4 is 4.90 Å². The van der Waals surface area contributed by atoms with Crippen LogP contribution in [0.25, 0.3) is 0 Å². The monoisotopic (exact) mass is 217 g/mol. The molecule has 0 aliphatic carbocycles. The van der Waals surface area contributed by atoms with Crippen LogP contribution in [0.5, 0.6) is 0 Å². The number of likely N-dealkylation sites (N-methyl/N-ethyl adjacent to an activating group) is 1. The third-order valence-electron chi connectivity index (χ3n) is 2.96. The normalized spacial score (nSPS) is 14.1. The number of Topliss-reactive ketones (excluding diaryl/α,β-unsaturated/α-hetero) is 1. The molecule has 16 heavy (non-hydrogen) atoms. The van der Waals surface area contributed by atoms with Gasteiger partial charge < -0.3 is 4.90 Å². The number of amides is 1. The molecule has 1 aromatic rings. The fourth-order valence-corrected chi connectivity index (χ4v) is 2.02. The standard InChI is InChI=1S/C13H15NO2/c1-3-4-12(15)9-5-6-11-10(7-9)8-13(16)14(11)2/h5-7H,3-4,8H2,1-2H3. The summed E-state index contributed by atoms with van der Waals surface area (Å²) < 4.78 is 0. The van der Waals surface area contributed by atoms with E-state index < -0.39 is 0 Å². The minimum absolute atomic E-state index is 0.0927. The average molecular weight is 217 g/mol. The fourth-order valence-electron chi connectivity index (χ4n) is 2.02.